The van der Waals surface area contributed by atoms with E-state index in [1.807, 2.05) is 48.5 Å². The van der Waals surface area contributed by atoms with Crippen LogP contribution in [0.2, 0.25) is 0 Å². The van der Waals surface area contributed by atoms with Gasteiger partial charge < -0.3 is 18.2 Å². The van der Waals surface area contributed by atoms with E-state index < -0.39 is 0 Å². The smallest absolute Gasteiger partial charge is 0.227 e. The monoisotopic (exact) mass is 734 g/mol. The fourth-order valence-corrected chi connectivity index (χ4v) is 9.02. The third-order valence-electron chi connectivity index (χ3n) is 11.9. The molecule has 3 aromatic heterocycles. The maximum absolute atomic E-state index is 6.40. The van der Waals surface area contributed by atoms with Crippen molar-refractivity contribution in [1.29, 1.82) is 0 Å². The molecule has 5 nitrogen and oxygen atoms in total. The van der Waals surface area contributed by atoms with Crippen molar-refractivity contribution in [3.05, 3.63) is 181 Å². The lowest BCUT2D eigenvalue weighted by molar-refractivity contribution is 0.620. The Bertz CT molecular complexity index is 3380. The van der Waals surface area contributed by atoms with Gasteiger partial charge in [0.15, 0.2) is 5.58 Å². The van der Waals surface area contributed by atoms with E-state index >= 15 is 0 Å². The molecule has 8 aromatic carbocycles. The minimum atomic E-state index is -0.126. The maximum atomic E-state index is 6.40. The Labute approximate surface area is 328 Å². The molecule has 1 aliphatic carbocycles. The highest BCUT2D eigenvalue weighted by Gasteiger charge is 2.35. The van der Waals surface area contributed by atoms with E-state index in [9.17, 15) is 0 Å². The van der Waals surface area contributed by atoms with Crippen molar-refractivity contribution >= 4 is 72.0 Å². The number of fused-ring (bicyclic) bond motifs is 10. The molecule has 0 unspecified atom stereocenters. The van der Waals surface area contributed by atoms with Gasteiger partial charge in [0.1, 0.15) is 27.8 Å². The Morgan fingerprint density at radius 2 is 1.05 bits per heavy atom. The van der Waals surface area contributed by atoms with Crippen LogP contribution in [-0.4, -0.2) is 4.98 Å². The van der Waals surface area contributed by atoms with Gasteiger partial charge in [-0.3, -0.25) is 0 Å². The molecule has 12 rings (SSSR count). The fraction of sp³-hybridized carbons (Fsp3) is 0.0577. The summed E-state index contributed by atoms with van der Waals surface area (Å²) in [7, 11) is 0. The first-order valence-electron chi connectivity index (χ1n) is 19.3. The Kier molecular flexibility index (Phi) is 6.62. The van der Waals surface area contributed by atoms with Gasteiger partial charge in [0.2, 0.25) is 5.89 Å². The van der Waals surface area contributed by atoms with Crippen LogP contribution in [0.15, 0.2) is 183 Å². The highest BCUT2D eigenvalue weighted by atomic mass is 16.4. The van der Waals surface area contributed by atoms with Crippen LogP contribution in [0.1, 0.15) is 25.0 Å². The molecular weight excluding hydrogens is 701 g/mol. The second kappa shape index (κ2) is 11.8. The van der Waals surface area contributed by atoms with Crippen molar-refractivity contribution in [2.45, 2.75) is 19.3 Å². The number of para-hydroxylation sites is 1. The topological polar surface area (TPSA) is 55.6 Å². The van der Waals surface area contributed by atoms with E-state index in [1.165, 1.54) is 22.3 Å². The van der Waals surface area contributed by atoms with Gasteiger partial charge in [-0.05, 0) is 106 Å². The molecule has 0 aliphatic heterocycles. The summed E-state index contributed by atoms with van der Waals surface area (Å²) in [6.45, 7) is 4.66. The quantitative estimate of drug-likeness (QED) is 0.176. The van der Waals surface area contributed by atoms with Gasteiger partial charge in [-0.25, -0.2) is 4.98 Å². The number of nitrogens with zero attached hydrogens (tertiary/aromatic N) is 2. The SMILES string of the molecule is CC1(C)c2ccccc2-c2ccc(N(c3ccc(-c4ccc5oc6cc7nc(-c8ccccc8)oc7cc6c5c4)cc3)c3ccc4c(c3)oc3ccccc34)cc21. The lowest BCUT2D eigenvalue weighted by Crippen LogP contribution is -2.16. The molecule has 0 N–H and O–H groups in total. The Hall–Kier alpha value is -7.37. The van der Waals surface area contributed by atoms with Crippen LogP contribution in [0.5, 0.6) is 0 Å². The molecule has 57 heavy (non-hydrogen) atoms. The molecule has 5 heteroatoms. The molecular formula is C52H34N2O3. The number of benzene rings is 8. The van der Waals surface area contributed by atoms with Crippen LogP contribution < -0.4 is 4.90 Å². The molecule has 3 heterocycles. The van der Waals surface area contributed by atoms with Crippen LogP contribution in [0.3, 0.4) is 0 Å². The number of hydrogen-bond donors (Lipinski definition) is 0. The van der Waals surface area contributed by atoms with Crippen molar-refractivity contribution in [1.82, 2.24) is 4.98 Å². The van der Waals surface area contributed by atoms with Crippen molar-refractivity contribution < 1.29 is 13.3 Å². The second-order valence-corrected chi connectivity index (χ2v) is 15.6. The van der Waals surface area contributed by atoms with Crippen molar-refractivity contribution in [3.8, 4) is 33.7 Å². The third kappa shape index (κ3) is 4.85. The summed E-state index contributed by atoms with van der Waals surface area (Å²) in [6, 6.07) is 59.8. The van der Waals surface area contributed by atoms with E-state index in [-0.39, 0.29) is 5.41 Å². The van der Waals surface area contributed by atoms with Crippen LogP contribution in [0.25, 0.3) is 88.7 Å². The summed E-state index contributed by atoms with van der Waals surface area (Å²) in [5.41, 5.74) is 16.4. The van der Waals surface area contributed by atoms with Crippen LogP contribution in [-0.2, 0) is 5.41 Å². The summed E-state index contributed by atoms with van der Waals surface area (Å²) >= 11 is 0. The Morgan fingerprint density at radius 1 is 0.404 bits per heavy atom. The Balaban J connectivity index is 0.958. The summed E-state index contributed by atoms with van der Waals surface area (Å²) in [5.74, 6) is 0.601. The summed E-state index contributed by atoms with van der Waals surface area (Å²) in [5, 5.41) is 4.27. The molecule has 0 saturated heterocycles. The predicted molar refractivity (Wildman–Crippen MR) is 232 cm³/mol. The average molecular weight is 735 g/mol. The normalized spacial score (nSPS) is 13.2. The molecule has 0 radical (unpaired) electrons. The highest BCUT2D eigenvalue weighted by Crippen LogP contribution is 2.51. The molecule has 0 spiro atoms. The van der Waals surface area contributed by atoms with Gasteiger partial charge in [0.05, 0.1) is 0 Å². The van der Waals surface area contributed by atoms with Gasteiger partial charge in [-0.15, -0.1) is 0 Å². The molecule has 0 atom stereocenters. The maximum Gasteiger partial charge on any atom is 0.227 e. The zero-order chi connectivity index (χ0) is 37.8. The Morgan fingerprint density at radius 3 is 1.93 bits per heavy atom. The second-order valence-electron chi connectivity index (χ2n) is 15.6. The molecule has 0 amide bonds. The predicted octanol–water partition coefficient (Wildman–Crippen LogP) is 14.7. The van der Waals surface area contributed by atoms with Crippen LogP contribution >= 0.6 is 0 Å². The zero-order valence-electron chi connectivity index (χ0n) is 31.3. The summed E-state index contributed by atoms with van der Waals surface area (Å²) in [4.78, 5) is 7.10. The van der Waals surface area contributed by atoms with Crippen molar-refractivity contribution in [2.24, 2.45) is 0 Å². The molecule has 0 bridgehead atoms. The number of hydrogen-bond acceptors (Lipinski definition) is 5. The van der Waals surface area contributed by atoms with E-state index in [2.05, 4.69) is 140 Å². The molecule has 0 fully saturated rings. The van der Waals surface area contributed by atoms with E-state index in [4.69, 9.17) is 18.2 Å². The van der Waals surface area contributed by atoms with Crippen molar-refractivity contribution in [3.63, 3.8) is 0 Å². The first-order chi connectivity index (χ1) is 28.0. The largest absolute Gasteiger partial charge is 0.456 e. The van der Waals surface area contributed by atoms with E-state index in [0.717, 1.165) is 88.7 Å². The molecule has 270 valence electrons. The molecule has 1 aliphatic rings. The zero-order valence-corrected chi connectivity index (χ0v) is 31.3. The summed E-state index contributed by atoms with van der Waals surface area (Å²) < 4.78 is 19.0. The highest BCUT2D eigenvalue weighted by molar-refractivity contribution is 6.10. The fourth-order valence-electron chi connectivity index (χ4n) is 9.02. The van der Waals surface area contributed by atoms with Gasteiger partial charge in [0.25, 0.3) is 0 Å². The number of furan rings is 2. The minimum Gasteiger partial charge on any atom is -0.456 e. The summed E-state index contributed by atoms with van der Waals surface area (Å²) in [6.07, 6.45) is 0. The lowest BCUT2D eigenvalue weighted by Gasteiger charge is -2.28. The molecule has 11 aromatic rings. The van der Waals surface area contributed by atoms with Crippen LogP contribution in [0.4, 0.5) is 17.1 Å². The minimum absolute atomic E-state index is 0.126. The van der Waals surface area contributed by atoms with Gasteiger partial charge >= 0.3 is 0 Å². The first-order valence-corrected chi connectivity index (χ1v) is 19.3. The number of anilines is 3. The number of oxazole rings is 1. The van der Waals surface area contributed by atoms with Gasteiger partial charge in [0, 0.05) is 61.7 Å². The van der Waals surface area contributed by atoms with Crippen LogP contribution in [0, 0.1) is 0 Å². The van der Waals surface area contributed by atoms with Crippen molar-refractivity contribution in [2.75, 3.05) is 4.90 Å². The number of aromatic nitrogens is 1. The standard InChI is InChI=1S/C52H34N2O3/c1-52(2)43-14-8-6-12-37(43)38-23-21-35(27-44(38)52)54(36-22-24-40-39-13-7-9-15-46(39)55-48(40)28-36)34-19-16-31(17-20-34)33-18-25-47-41(26-33)42-29-50-45(30-49(42)56-47)53-51(57-50)32-10-4-3-5-11-32/h3-30H,1-2H3. The van der Waals surface area contributed by atoms with E-state index in [1.54, 1.807) is 0 Å². The average Bonchev–Trinajstić information content (AvgIpc) is 4.00. The first kappa shape index (κ1) is 31.9. The number of rotatable bonds is 5. The lowest BCUT2D eigenvalue weighted by atomic mass is 9.82. The van der Waals surface area contributed by atoms with E-state index in [0.29, 0.717) is 5.89 Å². The van der Waals surface area contributed by atoms with Gasteiger partial charge in [-0.1, -0.05) is 98.8 Å². The third-order valence-corrected chi connectivity index (χ3v) is 11.9. The van der Waals surface area contributed by atoms with Gasteiger partial charge in [-0.2, -0.15) is 0 Å². The molecule has 0 saturated carbocycles.